The Hall–Kier alpha value is -5.66. The second kappa shape index (κ2) is 9.44. The van der Waals surface area contributed by atoms with E-state index in [0.29, 0.717) is 0 Å². The fraction of sp³-hybridized carbons (Fsp3) is 0. The van der Waals surface area contributed by atoms with Crippen LogP contribution < -0.4 is 0 Å². The Kier molecular flexibility index (Phi) is 2.13. The Bertz CT molecular complexity index is 3850. The van der Waals surface area contributed by atoms with Gasteiger partial charge in [0.05, 0.1) is 35.6 Å². The van der Waals surface area contributed by atoms with Crippen LogP contribution in [0.25, 0.3) is 87.6 Å². The van der Waals surface area contributed by atoms with Crippen molar-refractivity contribution in [3.63, 3.8) is 0 Å². The van der Waals surface area contributed by atoms with Gasteiger partial charge in [-0.2, -0.15) is 0 Å². The lowest BCUT2D eigenvalue weighted by Gasteiger charge is -2.19. The van der Waals surface area contributed by atoms with Crippen LogP contribution in [0.5, 0.6) is 0 Å². The molecule has 9 rings (SSSR count). The lowest BCUT2D eigenvalue weighted by Crippen LogP contribution is -1.92. The highest BCUT2D eigenvalue weighted by atomic mass is 16.3. The van der Waals surface area contributed by atoms with Crippen molar-refractivity contribution < 1.29 is 40.1 Å². The first-order valence-corrected chi connectivity index (χ1v) is 12.7. The molecule has 0 N–H and O–H groups in total. The number of benzene rings is 8. The number of furan rings is 1. The van der Waals surface area contributed by atoms with Crippen LogP contribution in [0.3, 0.4) is 0 Å². The molecular formula is C42H26O. The summed E-state index contributed by atoms with van der Waals surface area (Å²) in [6.07, 6.45) is 0. The number of fused-ring (bicyclic) bond motifs is 6. The van der Waals surface area contributed by atoms with E-state index in [-0.39, 0.29) is 0 Å². The summed E-state index contributed by atoms with van der Waals surface area (Å²) in [6, 6.07) is -23.6. The van der Waals surface area contributed by atoms with Gasteiger partial charge in [-0.05, 0) is 83.8 Å². The molecule has 1 heterocycles. The van der Waals surface area contributed by atoms with Gasteiger partial charge < -0.3 is 4.42 Å². The van der Waals surface area contributed by atoms with Crippen LogP contribution in [-0.2, 0) is 0 Å². The van der Waals surface area contributed by atoms with E-state index >= 15 is 0 Å². The molecule has 1 aromatic heterocycles. The summed E-state index contributed by atoms with van der Waals surface area (Å²) in [5, 5.41) is -5.18. The molecule has 0 fully saturated rings. The Morgan fingerprint density at radius 2 is 0.930 bits per heavy atom. The van der Waals surface area contributed by atoms with Gasteiger partial charge in [0.25, 0.3) is 0 Å². The highest BCUT2D eigenvalue weighted by Gasteiger charge is 2.21. The fourth-order valence-corrected chi connectivity index (χ4v) is 5.26. The molecule has 0 aliphatic rings. The summed E-state index contributed by atoms with van der Waals surface area (Å²) in [5.41, 5.74) is -5.46. The van der Waals surface area contributed by atoms with Crippen LogP contribution in [0.1, 0.15) is 35.6 Å². The molecule has 0 unspecified atom stereocenters. The van der Waals surface area contributed by atoms with Crippen molar-refractivity contribution in [3.8, 4) is 33.4 Å². The predicted octanol–water partition coefficient (Wildman–Crippen LogP) is 12.0. The monoisotopic (exact) mass is 572 g/mol. The van der Waals surface area contributed by atoms with Crippen LogP contribution in [0.15, 0.2) is 162 Å². The van der Waals surface area contributed by atoms with Crippen molar-refractivity contribution in [1.82, 2.24) is 0 Å². The quantitative estimate of drug-likeness (QED) is 0.192. The third kappa shape index (κ3) is 3.65. The molecule has 1 heteroatoms. The molecule has 0 amide bonds. The normalized spacial score (nSPS) is 20.2. The molecule has 0 saturated heterocycles. The van der Waals surface area contributed by atoms with Crippen LogP contribution >= 0.6 is 0 Å². The summed E-state index contributed by atoms with van der Waals surface area (Å²) in [5.74, 6) is 0. The van der Waals surface area contributed by atoms with Crippen molar-refractivity contribution in [2.45, 2.75) is 0 Å². The molecule has 43 heavy (non-hydrogen) atoms. The van der Waals surface area contributed by atoms with E-state index < -0.39 is 245 Å². The predicted molar refractivity (Wildman–Crippen MR) is 183 cm³/mol. The summed E-state index contributed by atoms with van der Waals surface area (Å²) >= 11 is 0. The zero-order valence-corrected chi connectivity index (χ0v) is 21.4. The first-order valence-electron chi connectivity index (χ1n) is 25.7. The number of hydrogen-bond donors (Lipinski definition) is 0. The Morgan fingerprint density at radius 1 is 0.372 bits per heavy atom. The van der Waals surface area contributed by atoms with Gasteiger partial charge in [-0.1, -0.05) is 139 Å². The van der Waals surface area contributed by atoms with Gasteiger partial charge in [0.2, 0.25) is 0 Å². The van der Waals surface area contributed by atoms with E-state index in [0.717, 1.165) is 0 Å². The Morgan fingerprint density at radius 3 is 1.65 bits per heavy atom. The highest BCUT2D eigenvalue weighted by Crippen LogP contribution is 2.48. The average Bonchev–Trinajstić information content (AvgIpc) is 3.72. The second-order valence-corrected chi connectivity index (χ2v) is 9.26. The van der Waals surface area contributed by atoms with Gasteiger partial charge in [0.1, 0.15) is 11.2 Å². The molecule has 200 valence electrons. The Labute approximate surface area is 285 Å². The summed E-state index contributed by atoms with van der Waals surface area (Å²) in [4.78, 5) is 0. The minimum Gasteiger partial charge on any atom is -0.456 e. The summed E-state index contributed by atoms with van der Waals surface area (Å²) < 4.78 is 238. The van der Waals surface area contributed by atoms with E-state index in [2.05, 4.69) is 0 Å². The second-order valence-electron chi connectivity index (χ2n) is 9.26. The van der Waals surface area contributed by atoms with E-state index in [9.17, 15) is 11.0 Å². The molecule has 8 aromatic carbocycles. The average molecular weight is 573 g/mol. The van der Waals surface area contributed by atoms with Crippen LogP contribution in [0, 0.1) is 0 Å². The zero-order chi connectivity index (χ0) is 51.0. The molecule has 9 aromatic rings. The third-order valence-electron chi connectivity index (χ3n) is 7.01. The minimum absolute atomic E-state index is 0.557. The molecule has 0 saturated carbocycles. The van der Waals surface area contributed by atoms with Gasteiger partial charge >= 0.3 is 0 Å². The molecule has 1 nitrogen and oxygen atoms in total. The van der Waals surface area contributed by atoms with Gasteiger partial charge in [-0.25, -0.2) is 0 Å². The maximum Gasteiger partial charge on any atom is 0.136 e. The molecule has 0 spiro atoms. The van der Waals surface area contributed by atoms with E-state index in [4.69, 9.17) is 29.1 Å². The first kappa shape index (κ1) is 9.69. The van der Waals surface area contributed by atoms with Crippen molar-refractivity contribution in [2.75, 3.05) is 0 Å². The third-order valence-corrected chi connectivity index (χ3v) is 7.01. The lowest BCUT2D eigenvalue weighted by atomic mass is 9.84. The molecule has 0 aliphatic carbocycles. The van der Waals surface area contributed by atoms with Crippen molar-refractivity contribution in [2.24, 2.45) is 0 Å². The standard InChI is InChI=1S/C42H26O/c1-2-12-27(13-3-1)29-24-25-36-39(26-29)43-38-23-11-22-37(42(36)38)41-34-19-8-6-17-32(34)40(33-18-7-9-20-35(33)41)31-21-10-15-28-14-4-5-16-30(28)31/h1-26H/i1D,2D,3D,4D,5D,6D,7D,8D,9D,10D,11D,12D,13D,14D,15D,16D,17D,18D,19D,20D,21D,22D,23D,24D,25D,26D. The topological polar surface area (TPSA) is 13.1 Å². The Balaban J connectivity index is 1.64. The van der Waals surface area contributed by atoms with E-state index in [1.54, 1.807) is 0 Å². The molecule has 0 bridgehead atoms. The van der Waals surface area contributed by atoms with Crippen molar-refractivity contribution in [1.29, 1.82) is 0 Å². The van der Waals surface area contributed by atoms with Gasteiger partial charge in [0, 0.05) is 10.8 Å². The smallest absolute Gasteiger partial charge is 0.136 e. The zero-order valence-electron chi connectivity index (χ0n) is 47.4. The van der Waals surface area contributed by atoms with Gasteiger partial charge in [-0.15, -0.1) is 0 Å². The van der Waals surface area contributed by atoms with Crippen molar-refractivity contribution >= 4 is 54.3 Å². The lowest BCUT2D eigenvalue weighted by molar-refractivity contribution is 0.669. The molecule has 0 aliphatic heterocycles. The maximum atomic E-state index is 9.49. The van der Waals surface area contributed by atoms with Gasteiger partial charge in [0.15, 0.2) is 0 Å². The van der Waals surface area contributed by atoms with Crippen LogP contribution in [0.2, 0.25) is 0 Å². The van der Waals surface area contributed by atoms with Crippen LogP contribution in [0.4, 0.5) is 0 Å². The first-order chi connectivity index (χ1) is 32.2. The summed E-state index contributed by atoms with van der Waals surface area (Å²) in [7, 11) is 0. The number of hydrogen-bond acceptors (Lipinski definition) is 1. The van der Waals surface area contributed by atoms with E-state index in [1.165, 1.54) is 0 Å². The SMILES string of the molecule is [2H]c1c([2H])c([2H])c(-c2c([2H])c([2H])c3c(oc4c([2H])c([2H])c([2H])c(-c5c6c([2H])c([2H])c([2H])c([2H])c6c(-c6c([2H])c([2H])c([2H])c7c([2H])c([2H])c([2H])c([2H])c67)c6c([2H])c([2H])c([2H])c([2H])c56)c43)c2[2H])c([2H])c1[2H]. The number of rotatable bonds is 3. The largest absolute Gasteiger partial charge is 0.456 e. The van der Waals surface area contributed by atoms with Crippen molar-refractivity contribution in [3.05, 3.63) is 157 Å². The molecule has 0 radical (unpaired) electrons. The molecule has 0 atom stereocenters. The van der Waals surface area contributed by atoms with E-state index in [1.807, 2.05) is 0 Å². The highest BCUT2D eigenvalue weighted by molar-refractivity contribution is 6.27. The van der Waals surface area contributed by atoms with Gasteiger partial charge in [-0.3, -0.25) is 0 Å². The van der Waals surface area contributed by atoms with Crippen LogP contribution in [-0.4, -0.2) is 0 Å². The fourth-order valence-electron chi connectivity index (χ4n) is 5.26. The maximum absolute atomic E-state index is 9.49. The summed E-state index contributed by atoms with van der Waals surface area (Å²) in [6.45, 7) is 0. The minimum atomic E-state index is -0.977. The molecular weight excluding hydrogens is 520 g/mol.